The van der Waals surface area contributed by atoms with Crippen molar-refractivity contribution >= 4 is 0 Å². The second-order valence-corrected chi connectivity index (χ2v) is 4.32. The molecule has 1 unspecified atom stereocenters. The molecule has 1 aliphatic rings. The Bertz CT molecular complexity index is 123. The summed E-state index contributed by atoms with van der Waals surface area (Å²) < 4.78 is 5.61. The zero-order valence-electron chi connectivity index (χ0n) is 9.01. The molecule has 0 aromatic rings. The molecule has 0 saturated heterocycles. The average Bonchev–Trinajstić information content (AvgIpc) is 2.01. The molecule has 0 bridgehead atoms. The Morgan fingerprint density at radius 2 is 2.23 bits per heavy atom. The summed E-state index contributed by atoms with van der Waals surface area (Å²) >= 11 is 0. The molecular formula is C11H23NO. The van der Waals surface area contributed by atoms with Crippen LogP contribution in [0.4, 0.5) is 0 Å². The summed E-state index contributed by atoms with van der Waals surface area (Å²) in [5, 5.41) is 3.16. The maximum absolute atomic E-state index is 5.61. The van der Waals surface area contributed by atoms with E-state index >= 15 is 0 Å². The molecule has 0 aromatic carbocycles. The Hall–Kier alpha value is -0.0800. The SMILES string of the molecule is CNCC(C)COCCC1CCC1. The predicted molar refractivity (Wildman–Crippen MR) is 55.9 cm³/mol. The molecule has 0 heterocycles. The molecule has 1 aliphatic carbocycles. The van der Waals surface area contributed by atoms with Gasteiger partial charge in [-0.3, -0.25) is 0 Å². The zero-order chi connectivity index (χ0) is 9.52. The molecule has 13 heavy (non-hydrogen) atoms. The number of rotatable bonds is 7. The highest BCUT2D eigenvalue weighted by Crippen LogP contribution is 2.29. The lowest BCUT2D eigenvalue weighted by Gasteiger charge is -2.25. The van der Waals surface area contributed by atoms with Crippen molar-refractivity contribution in [2.75, 3.05) is 26.8 Å². The van der Waals surface area contributed by atoms with Gasteiger partial charge in [0, 0.05) is 6.61 Å². The van der Waals surface area contributed by atoms with Crippen LogP contribution >= 0.6 is 0 Å². The maximum Gasteiger partial charge on any atom is 0.0503 e. The van der Waals surface area contributed by atoms with Crippen LogP contribution in [0.15, 0.2) is 0 Å². The van der Waals surface area contributed by atoms with Gasteiger partial charge < -0.3 is 10.1 Å². The van der Waals surface area contributed by atoms with E-state index in [2.05, 4.69) is 12.2 Å². The van der Waals surface area contributed by atoms with Crippen molar-refractivity contribution in [1.82, 2.24) is 5.32 Å². The second kappa shape index (κ2) is 6.39. The molecular weight excluding hydrogens is 162 g/mol. The van der Waals surface area contributed by atoms with E-state index in [1.807, 2.05) is 7.05 Å². The first-order valence-corrected chi connectivity index (χ1v) is 5.55. The molecule has 0 spiro atoms. The molecule has 1 N–H and O–H groups in total. The van der Waals surface area contributed by atoms with Crippen molar-refractivity contribution < 1.29 is 4.74 Å². The molecule has 1 fully saturated rings. The molecule has 0 radical (unpaired) electrons. The molecule has 0 amide bonds. The smallest absolute Gasteiger partial charge is 0.0503 e. The van der Waals surface area contributed by atoms with Crippen LogP contribution in [0.1, 0.15) is 32.6 Å². The Balaban J connectivity index is 1.82. The number of hydrogen-bond acceptors (Lipinski definition) is 2. The van der Waals surface area contributed by atoms with Gasteiger partial charge in [-0.2, -0.15) is 0 Å². The van der Waals surface area contributed by atoms with Gasteiger partial charge in [-0.05, 0) is 31.8 Å². The summed E-state index contributed by atoms with van der Waals surface area (Å²) in [6, 6.07) is 0. The van der Waals surface area contributed by atoms with Crippen LogP contribution in [0, 0.1) is 11.8 Å². The zero-order valence-corrected chi connectivity index (χ0v) is 9.01. The molecule has 2 heteroatoms. The van der Waals surface area contributed by atoms with Crippen LogP contribution in [0.5, 0.6) is 0 Å². The molecule has 1 rings (SSSR count). The van der Waals surface area contributed by atoms with Crippen LogP contribution in [-0.2, 0) is 4.74 Å². The lowest BCUT2D eigenvalue weighted by molar-refractivity contribution is 0.0836. The minimum absolute atomic E-state index is 0.645. The highest BCUT2D eigenvalue weighted by Gasteiger charge is 2.16. The van der Waals surface area contributed by atoms with Crippen molar-refractivity contribution in [2.24, 2.45) is 11.8 Å². The lowest BCUT2D eigenvalue weighted by Crippen LogP contribution is -2.21. The summed E-state index contributed by atoms with van der Waals surface area (Å²) in [4.78, 5) is 0. The normalized spacial score (nSPS) is 19.8. The van der Waals surface area contributed by atoms with E-state index in [0.717, 1.165) is 25.7 Å². The van der Waals surface area contributed by atoms with Gasteiger partial charge in [-0.15, -0.1) is 0 Å². The van der Waals surface area contributed by atoms with Crippen molar-refractivity contribution in [3.63, 3.8) is 0 Å². The van der Waals surface area contributed by atoms with E-state index in [9.17, 15) is 0 Å². The quantitative estimate of drug-likeness (QED) is 0.613. The van der Waals surface area contributed by atoms with Gasteiger partial charge in [-0.25, -0.2) is 0 Å². The molecule has 1 saturated carbocycles. The first kappa shape index (κ1) is 11.0. The fourth-order valence-corrected chi connectivity index (χ4v) is 1.72. The Morgan fingerprint density at radius 1 is 1.46 bits per heavy atom. The van der Waals surface area contributed by atoms with Gasteiger partial charge in [0.2, 0.25) is 0 Å². The Morgan fingerprint density at radius 3 is 2.77 bits per heavy atom. The molecule has 2 nitrogen and oxygen atoms in total. The summed E-state index contributed by atoms with van der Waals surface area (Å²) in [6.07, 6.45) is 5.61. The van der Waals surface area contributed by atoms with E-state index in [-0.39, 0.29) is 0 Å². The molecule has 78 valence electrons. The Labute approximate surface area is 82.0 Å². The number of nitrogens with one attached hydrogen (secondary N) is 1. The summed E-state index contributed by atoms with van der Waals surface area (Å²) in [5.41, 5.74) is 0. The van der Waals surface area contributed by atoms with Gasteiger partial charge in [0.25, 0.3) is 0 Å². The van der Waals surface area contributed by atoms with Gasteiger partial charge in [0.1, 0.15) is 0 Å². The highest BCUT2D eigenvalue weighted by atomic mass is 16.5. The van der Waals surface area contributed by atoms with E-state index in [0.29, 0.717) is 5.92 Å². The van der Waals surface area contributed by atoms with Gasteiger partial charge in [0.15, 0.2) is 0 Å². The standard InChI is InChI=1S/C11H23NO/c1-10(8-12-2)9-13-7-6-11-4-3-5-11/h10-12H,3-9H2,1-2H3. The van der Waals surface area contributed by atoms with Crippen LogP contribution in [0.25, 0.3) is 0 Å². The monoisotopic (exact) mass is 185 g/mol. The van der Waals surface area contributed by atoms with Crippen LogP contribution < -0.4 is 5.32 Å². The fraction of sp³-hybridized carbons (Fsp3) is 1.00. The van der Waals surface area contributed by atoms with Crippen LogP contribution in [-0.4, -0.2) is 26.8 Å². The molecule has 1 atom stereocenters. The van der Waals surface area contributed by atoms with E-state index in [4.69, 9.17) is 4.74 Å². The molecule has 0 aromatic heterocycles. The van der Waals surface area contributed by atoms with Crippen LogP contribution in [0.3, 0.4) is 0 Å². The van der Waals surface area contributed by atoms with Crippen LogP contribution in [0.2, 0.25) is 0 Å². The third-order valence-corrected chi connectivity index (χ3v) is 2.85. The summed E-state index contributed by atoms with van der Waals surface area (Å²) in [6.45, 7) is 5.16. The largest absolute Gasteiger partial charge is 0.381 e. The first-order chi connectivity index (χ1) is 6.33. The highest BCUT2D eigenvalue weighted by molar-refractivity contribution is 4.68. The maximum atomic E-state index is 5.61. The van der Waals surface area contributed by atoms with Crippen molar-refractivity contribution in [1.29, 1.82) is 0 Å². The second-order valence-electron chi connectivity index (χ2n) is 4.32. The molecule has 0 aliphatic heterocycles. The van der Waals surface area contributed by atoms with E-state index in [1.165, 1.54) is 25.7 Å². The summed E-state index contributed by atoms with van der Waals surface area (Å²) in [7, 11) is 1.99. The fourth-order valence-electron chi connectivity index (χ4n) is 1.72. The van der Waals surface area contributed by atoms with Crippen molar-refractivity contribution in [2.45, 2.75) is 32.6 Å². The number of ether oxygens (including phenoxy) is 1. The number of hydrogen-bond donors (Lipinski definition) is 1. The average molecular weight is 185 g/mol. The Kier molecular flexibility index (Phi) is 5.40. The van der Waals surface area contributed by atoms with Crippen molar-refractivity contribution in [3.8, 4) is 0 Å². The minimum Gasteiger partial charge on any atom is -0.381 e. The lowest BCUT2D eigenvalue weighted by atomic mass is 9.83. The third-order valence-electron chi connectivity index (χ3n) is 2.85. The minimum atomic E-state index is 0.645. The van der Waals surface area contributed by atoms with Crippen molar-refractivity contribution in [3.05, 3.63) is 0 Å². The van der Waals surface area contributed by atoms with Gasteiger partial charge >= 0.3 is 0 Å². The predicted octanol–water partition coefficient (Wildman–Crippen LogP) is 2.05. The first-order valence-electron chi connectivity index (χ1n) is 5.55. The van der Waals surface area contributed by atoms with E-state index < -0.39 is 0 Å². The van der Waals surface area contributed by atoms with E-state index in [1.54, 1.807) is 0 Å². The topological polar surface area (TPSA) is 21.3 Å². The van der Waals surface area contributed by atoms with Gasteiger partial charge in [0.05, 0.1) is 6.61 Å². The third kappa shape index (κ3) is 4.63. The summed E-state index contributed by atoms with van der Waals surface area (Å²) in [5.74, 6) is 1.63. The van der Waals surface area contributed by atoms with Gasteiger partial charge in [-0.1, -0.05) is 26.2 Å².